The number of nitriles is 1. The molecule has 2 N–H and O–H groups in total. The summed E-state index contributed by atoms with van der Waals surface area (Å²) < 4.78 is 5.13. The van der Waals surface area contributed by atoms with Crippen LogP contribution in [0.4, 0.5) is 5.82 Å². The van der Waals surface area contributed by atoms with Crippen LogP contribution in [-0.4, -0.2) is 21.1 Å². The van der Waals surface area contributed by atoms with Crippen molar-refractivity contribution in [1.82, 2.24) is 9.97 Å². The molecule has 2 atom stereocenters. The molecule has 0 aromatic carbocycles. The SMILES string of the molecule is CC(CC(O)c1ccco1)Nc1cnc(C#N)cn1. The van der Waals surface area contributed by atoms with E-state index in [0.717, 1.165) is 0 Å². The van der Waals surface area contributed by atoms with Gasteiger partial charge in [-0.2, -0.15) is 5.26 Å². The first kappa shape index (κ1) is 13.1. The number of nitrogens with zero attached hydrogens (tertiary/aromatic N) is 3. The molecule has 0 aliphatic carbocycles. The van der Waals surface area contributed by atoms with Crippen molar-refractivity contribution < 1.29 is 9.52 Å². The molecule has 0 aliphatic rings. The van der Waals surface area contributed by atoms with Gasteiger partial charge in [-0.15, -0.1) is 0 Å². The standard InChI is InChI=1S/C13H14N4O2/c1-9(5-11(18)12-3-2-4-19-12)17-13-8-15-10(6-14)7-16-13/h2-4,7-9,11,18H,5H2,1H3,(H,16,17). The number of hydrogen-bond donors (Lipinski definition) is 2. The van der Waals surface area contributed by atoms with Crippen LogP contribution >= 0.6 is 0 Å². The van der Waals surface area contributed by atoms with Gasteiger partial charge in [-0.05, 0) is 19.1 Å². The number of nitrogens with one attached hydrogen (secondary N) is 1. The summed E-state index contributed by atoms with van der Waals surface area (Å²) in [5.41, 5.74) is 0.272. The van der Waals surface area contributed by atoms with Crippen LogP contribution in [0.2, 0.25) is 0 Å². The van der Waals surface area contributed by atoms with Crippen LogP contribution in [0.25, 0.3) is 0 Å². The van der Waals surface area contributed by atoms with Gasteiger partial charge in [0.2, 0.25) is 0 Å². The molecule has 0 bridgehead atoms. The van der Waals surface area contributed by atoms with E-state index in [4.69, 9.17) is 9.68 Å². The molecule has 2 aromatic rings. The molecule has 0 saturated heterocycles. The maximum absolute atomic E-state index is 9.93. The largest absolute Gasteiger partial charge is 0.467 e. The summed E-state index contributed by atoms with van der Waals surface area (Å²) in [6.45, 7) is 1.92. The van der Waals surface area contributed by atoms with Crippen molar-refractivity contribution in [3.05, 3.63) is 42.2 Å². The molecule has 0 saturated carbocycles. The van der Waals surface area contributed by atoms with Crippen molar-refractivity contribution in [2.75, 3.05) is 5.32 Å². The molecule has 2 unspecified atom stereocenters. The minimum atomic E-state index is -0.663. The van der Waals surface area contributed by atoms with Crippen molar-refractivity contribution in [2.45, 2.75) is 25.5 Å². The molecule has 0 fully saturated rings. The van der Waals surface area contributed by atoms with Crippen molar-refractivity contribution >= 4 is 5.82 Å². The van der Waals surface area contributed by atoms with Gasteiger partial charge in [-0.3, -0.25) is 0 Å². The molecule has 2 heterocycles. The average Bonchev–Trinajstić information content (AvgIpc) is 2.93. The van der Waals surface area contributed by atoms with Crippen LogP contribution < -0.4 is 5.32 Å². The third-order valence-corrected chi connectivity index (χ3v) is 2.61. The van der Waals surface area contributed by atoms with Gasteiger partial charge in [0.15, 0.2) is 5.69 Å². The Balaban J connectivity index is 1.90. The maximum Gasteiger partial charge on any atom is 0.158 e. The Bertz CT molecular complexity index is 545. The predicted molar refractivity (Wildman–Crippen MR) is 68.1 cm³/mol. The van der Waals surface area contributed by atoms with Gasteiger partial charge in [0.25, 0.3) is 0 Å². The van der Waals surface area contributed by atoms with Gasteiger partial charge in [-0.25, -0.2) is 9.97 Å². The Hall–Kier alpha value is -2.39. The van der Waals surface area contributed by atoms with E-state index < -0.39 is 6.10 Å². The second-order valence-corrected chi connectivity index (χ2v) is 4.21. The lowest BCUT2D eigenvalue weighted by Crippen LogP contribution is -2.19. The number of rotatable bonds is 5. The number of aliphatic hydroxyl groups excluding tert-OH is 1. The summed E-state index contributed by atoms with van der Waals surface area (Å²) in [5, 5.41) is 21.6. The van der Waals surface area contributed by atoms with Gasteiger partial charge in [0.05, 0.1) is 18.7 Å². The van der Waals surface area contributed by atoms with Crippen molar-refractivity contribution in [2.24, 2.45) is 0 Å². The van der Waals surface area contributed by atoms with E-state index in [1.165, 1.54) is 18.7 Å². The highest BCUT2D eigenvalue weighted by atomic mass is 16.4. The fourth-order valence-corrected chi connectivity index (χ4v) is 1.70. The highest BCUT2D eigenvalue weighted by Gasteiger charge is 2.15. The molecule has 0 aliphatic heterocycles. The van der Waals surface area contributed by atoms with Gasteiger partial charge in [-0.1, -0.05) is 0 Å². The summed E-state index contributed by atoms with van der Waals surface area (Å²) in [5.74, 6) is 1.11. The summed E-state index contributed by atoms with van der Waals surface area (Å²) in [7, 11) is 0. The fourth-order valence-electron chi connectivity index (χ4n) is 1.70. The normalized spacial score (nSPS) is 13.5. The number of furan rings is 1. The Morgan fingerprint density at radius 2 is 2.32 bits per heavy atom. The summed E-state index contributed by atoms with van der Waals surface area (Å²) in [4.78, 5) is 7.97. The highest BCUT2D eigenvalue weighted by molar-refractivity contribution is 5.34. The van der Waals surface area contributed by atoms with Crippen LogP contribution in [0, 0.1) is 11.3 Å². The number of aromatic nitrogens is 2. The number of aliphatic hydroxyl groups is 1. The van der Waals surface area contributed by atoms with Crippen LogP contribution in [0.3, 0.4) is 0 Å². The molecule has 0 radical (unpaired) electrons. The van der Waals surface area contributed by atoms with E-state index in [2.05, 4.69) is 15.3 Å². The van der Waals surface area contributed by atoms with Gasteiger partial charge in [0.1, 0.15) is 23.8 Å². The summed E-state index contributed by atoms with van der Waals surface area (Å²) >= 11 is 0. The molecular weight excluding hydrogens is 244 g/mol. The third-order valence-electron chi connectivity index (χ3n) is 2.61. The Kier molecular flexibility index (Phi) is 4.11. The zero-order chi connectivity index (χ0) is 13.7. The van der Waals surface area contributed by atoms with Crippen LogP contribution in [0.1, 0.15) is 30.9 Å². The van der Waals surface area contributed by atoms with Gasteiger partial charge < -0.3 is 14.8 Å². The third kappa shape index (κ3) is 3.53. The Morgan fingerprint density at radius 1 is 1.47 bits per heavy atom. The number of anilines is 1. The van der Waals surface area contributed by atoms with E-state index in [1.807, 2.05) is 13.0 Å². The van der Waals surface area contributed by atoms with Crippen LogP contribution in [0.15, 0.2) is 35.2 Å². The fraction of sp³-hybridized carbons (Fsp3) is 0.308. The van der Waals surface area contributed by atoms with Gasteiger partial charge in [0, 0.05) is 12.5 Å². The zero-order valence-corrected chi connectivity index (χ0v) is 10.4. The van der Waals surface area contributed by atoms with E-state index in [0.29, 0.717) is 18.0 Å². The second kappa shape index (κ2) is 5.98. The quantitative estimate of drug-likeness (QED) is 0.850. The maximum atomic E-state index is 9.93. The van der Waals surface area contributed by atoms with Crippen molar-refractivity contribution in [3.63, 3.8) is 0 Å². The lowest BCUT2D eigenvalue weighted by molar-refractivity contribution is 0.136. The zero-order valence-electron chi connectivity index (χ0n) is 10.4. The minimum Gasteiger partial charge on any atom is -0.467 e. The molecular formula is C13H14N4O2. The van der Waals surface area contributed by atoms with Crippen molar-refractivity contribution in [1.29, 1.82) is 5.26 Å². The molecule has 19 heavy (non-hydrogen) atoms. The lowest BCUT2D eigenvalue weighted by Gasteiger charge is -2.16. The lowest BCUT2D eigenvalue weighted by atomic mass is 10.1. The highest BCUT2D eigenvalue weighted by Crippen LogP contribution is 2.19. The van der Waals surface area contributed by atoms with Gasteiger partial charge >= 0.3 is 0 Å². The van der Waals surface area contributed by atoms with Crippen LogP contribution in [-0.2, 0) is 0 Å². The number of hydrogen-bond acceptors (Lipinski definition) is 6. The Morgan fingerprint density at radius 3 is 2.89 bits per heavy atom. The monoisotopic (exact) mass is 258 g/mol. The molecule has 2 rings (SSSR count). The molecule has 2 aromatic heterocycles. The first-order chi connectivity index (χ1) is 9.19. The molecule has 6 nitrogen and oxygen atoms in total. The first-order valence-corrected chi connectivity index (χ1v) is 5.89. The summed E-state index contributed by atoms with van der Waals surface area (Å²) in [6, 6.07) is 5.37. The molecule has 98 valence electrons. The van der Waals surface area contributed by atoms with Crippen LogP contribution in [0.5, 0.6) is 0 Å². The van der Waals surface area contributed by atoms with E-state index in [1.54, 1.807) is 12.1 Å². The molecule has 6 heteroatoms. The summed E-state index contributed by atoms with van der Waals surface area (Å²) in [6.07, 6.45) is 4.24. The minimum absolute atomic E-state index is 0.0117. The average molecular weight is 258 g/mol. The van der Waals surface area contributed by atoms with E-state index in [-0.39, 0.29) is 11.7 Å². The molecule has 0 amide bonds. The smallest absolute Gasteiger partial charge is 0.158 e. The first-order valence-electron chi connectivity index (χ1n) is 5.89. The van der Waals surface area contributed by atoms with Crippen molar-refractivity contribution in [3.8, 4) is 6.07 Å². The Labute approximate surface area is 110 Å². The topological polar surface area (TPSA) is 95.0 Å². The van der Waals surface area contributed by atoms with E-state index in [9.17, 15) is 5.11 Å². The van der Waals surface area contributed by atoms with E-state index >= 15 is 0 Å². The molecule has 0 spiro atoms. The predicted octanol–water partition coefficient (Wildman–Crippen LogP) is 1.87. The second-order valence-electron chi connectivity index (χ2n) is 4.21.